The zero-order valence-electron chi connectivity index (χ0n) is 22.2. The SMILES string of the molecule is CC1(C)O[C@H]2[C@@H](O1)[C@@](O)(c1ccc(Br)nc1Br)O[C@@H]2CO[Si](c1ccccc1)(c1ccccc1)C(C)(C)C. The van der Waals surface area contributed by atoms with E-state index in [1.165, 1.54) is 10.4 Å². The van der Waals surface area contributed by atoms with Crippen LogP contribution in [0.3, 0.4) is 0 Å². The van der Waals surface area contributed by atoms with Crippen LogP contribution < -0.4 is 10.4 Å². The number of aromatic nitrogens is 1. The third-order valence-corrected chi connectivity index (χ3v) is 13.3. The quantitative estimate of drug-likeness (QED) is 0.287. The number of nitrogens with zero attached hydrogens (tertiary/aromatic N) is 1. The van der Waals surface area contributed by atoms with Gasteiger partial charge in [-0.1, -0.05) is 81.4 Å². The van der Waals surface area contributed by atoms with Gasteiger partial charge in [-0.2, -0.15) is 0 Å². The van der Waals surface area contributed by atoms with Crippen molar-refractivity contribution < 1.29 is 23.7 Å². The van der Waals surface area contributed by atoms with Gasteiger partial charge in [0, 0.05) is 5.56 Å². The Bertz CT molecular complexity index is 1250. The molecule has 2 aliphatic heterocycles. The Morgan fingerprint density at radius 1 is 0.895 bits per heavy atom. The van der Waals surface area contributed by atoms with Crippen LogP contribution in [0.4, 0.5) is 0 Å². The monoisotopic (exact) mass is 661 g/mol. The summed E-state index contributed by atoms with van der Waals surface area (Å²) >= 11 is 6.88. The molecule has 9 heteroatoms. The number of hydrogen-bond acceptors (Lipinski definition) is 6. The number of hydrogen-bond donors (Lipinski definition) is 1. The van der Waals surface area contributed by atoms with Crippen LogP contribution in [0.15, 0.2) is 82.0 Å². The fourth-order valence-electron chi connectivity index (χ4n) is 5.72. The minimum atomic E-state index is -2.83. The molecule has 2 aromatic carbocycles. The van der Waals surface area contributed by atoms with E-state index in [2.05, 4.69) is 106 Å². The molecule has 6 nitrogen and oxygen atoms in total. The van der Waals surface area contributed by atoms with Gasteiger partial charge in [0.05, 0.1) is 6.61 Å². The molecule has 38 heavy (non-hydrogen) atoms. The van der Waals surface area contributed by atoms with Crippen molar-refractivity contribution >= 4 is 50.6 Å². The maximum absolute atomic E-state index is 12.0. The Balaban J connectivity index is 1.55. The molecule has 1 N–H and O–H groups in total. The van der Waals surface area contributed by atoms with E-state index in [1.807, 2.05) is 26.0 Å². The Labute approximate surface area is 242 Å². The molecule has 0 bridgehead atoms. The molecular weight excluding hydrogens is 630 g/mol. The van der Waals surface area contributed by atoms with Crippen molar-refractivity contribution in [3.05, 3.63) is 87.6 Å². The number of halogens is 2. The van der Waals surface area contributed by atoms with Gasteiger partial charge in [-0.05, 0) is 73.3 Å². The minimum Gasteiger partial charge on any atom is -0.405 e. The van der Waals surface area contributed by atoms with Gasteiger partial charge in [0.1, 0.15) is 27.5 Å². The number of pyridine rings is 1. The van der Waals surface area contributed by atoms with Crippen LogP contribution in [-0.4, -0.2) is 49.1 Å². The smallest absolute Gasteiger partial charge is 0.261 e. The number of aliphatic hydroxyl groups is 1. The summed E-state index contributed by atoms with van der Waals surface area (Å²) in [5.74, 6) is -2.66. The summed E-state index contributed by atoms with van der Waals surface area (Å²) in [5.41, 5.74) is 0.477. The van der Waals surface area contributed by atoms with Crippen LogP contribution in [-0.2, 0) is 24.4 Å². The topological polar surface area (TPSA) is 70.0 Å². The highest BCUT2D eigenvalue weighted by atomic mass is 79.9. The maximum atomic E-state index is 12.0. The zero-order chi connectivity index (χ0) is 27.3. The average molecular weight is 663 g/mol. The maximum Gasteiger partial charge on any atom is 0.261 e. The summed E-state index contributed by atoms with van der Waals surface area (Å²) in [7, 11) is -2.83. The number of benzene rings is 2. The molecule has 202 valence electrons. The summed E-state index contributed by atoms with van der Waals surface area (Å²) < 4.78 is 27.2. The van der Waals surface area contributed by atoms with Crippen molar-refractivity contribution in [2.75, 3.05) is 6.61 Å². The molecule has 5 rings (SSSR count). The third kappa shape index (κ3) is 4.85. The van der Waals surface area contributed by atoms with E-state index >= 15 is 0 Å². The van der Waals surface area contributed by atoms with Crippen LogP contribution in [0.5, 0.6) is 0 Å². The van der Waals surface area contributed by atoms with E-state index in [0.29, 0.717) is 14.8 Å². The molecule has 2 fully saturated rings. The van der Waals surface area contributed by atoms with Gasteiger partial charge in [0.25, 0.3) is 8.32 Å². The molecule has 0 aliphatic carbocycles. The predicted molar refractivity (Wildman–Crippen MR) is 156 cm³/mol. The molecule has 0 saturated carbocycles. The van der Waals surface area contributed by atoms with E-state index < -0.39 is 38.2 Å². The first-order valence-corrected chi connectivity index (χ1v) is 16.2. The van der Waals surface area contributed by atoms with E-state index in [0.717, 1.165) is 0 Å². The Morgan fingerprint density at radius 3 is 2.00 bits per heavy atom. The van der Waals surface area contributed by atoms with E-state index in [4.69, 9.17) is 18.6 Å². The van der Waals surface area contributed by atoms with Crippen LogP contribution in [0.1, 0.15) is 40.2 Å². The van der Waals surface area contributed by atoms with Crippen LogP contribution in [0, 0.1) is 0 Å². The molecule has 0 amide bonds. The molecular formula is C29H33Br2NO5Si. The standard InChI is InChI=1S/C29H33Br2NO5Si/c1-27(2,3)38(19-12-8-6-9-13-19,20-14-10-7-11-15-20)34-18-22-24-25(37-28(4,5)36-24)29(33,35-22)21-16-17-23(30)32-26(21)31/h6-17,22,24-25,33H,18H2,1-5H3/t22-,24-,25-,29-/m1/s1. The largest absolute Gasteiger partial charge is 0.405 e. The summed E-state index contributed by atoms with van der Waals surface area (Å²) in [4.78, 5) is 4.41. The first-order valence-electron chi connectivity index (χ1n) is 12.7. The highest BCUT2D eigenvalue weighted by Crippen LogP contribution is 2.49. The van der Waals surface area contributed by atoms with Crippen LogP contribution >= 0.6 is 31.9 Å². The number of rotatable bonds is 6. The van der Waals surface area contributed by atoms with E-state index in [1.54, 1.807) is 12.1 Å². The Kier molecular flexibility index (Phi) is 7.54. The van der Waals surface area contributed by atoms with Crippen molar-refractivity contribution in [1.82, 2.24) is 4.98 Å². The molecule has 2 saturated heterocycles. The highest BCUT2D eigenvalue weighted by molar-refractivity contribution is 9.11. The lowest BCUT2D eigenvalue weighted by atomic mass is 9.99. The van der Waals surface area contributed by atoms with Gasteiger partial charge in [0.2, 0.25) is 5.79 Å². The van der Waals surface area contributed by atoms with Crippen LogP contribution in [0.25, 0.3) is 0 Å². The number of fused-ring (bicyclic) bond motifs is 1. The first kappa shape index (κ1) is 28.1. The van der Waals surface area contributed by atoms with Crippen molar-refractivity contribution in [3.8, 4) is 0 Å². The molecule has 2 aliphatic rings. The average Bonchev–Trinajstić information content (AvgIpc) is 3.31. The number of ether oxygens (including phenoxy) is 3. The molecule has 4 atom stereocenters. The summed E-state index contributed by atoms with van der Waals surface area (Å²) in [6.45, 7) is 10.6. The Hall–Kier alpha value is -1.43. The normalized spacial score (nSPS) is 26.9. The molecule has 1 aromatic heterocycles. The lowest BCUT2D eigenvalue weighted by molar-refractivity contribution is -0.283. The van der Waals surface area contributed by atoms with Crippen molar-refractivity contribution in [3.63, 3.8) is 0 Å². The van der Waals surface area contributed by atoms with Crippen molar-refractivity contribution in [2.24, 2.45) is 0 Å². The lowest BCUT2D eigenvalue weighted by Crippen LogP contribution is -2.67. The van der Waals surface area contributed by atoms with Gasteiger partial charge in [-0.25, -0.2) is 4.98 Å². The predicted octanol–water partition coefficient (Wildman–Crippen LogP) is 5.25. The summed E-state index contributed by atoms with van der Waals surface area (Å²) in [5, 5.41) is 14.1. The minimum absolute atomic E-state index is 0.199. The second-order valence-corrected chi connectivity index (χ2v) is 17.2. The van der Waals surface area contributed by atoms with Crippen LogP contribution in [0.2, 0.25) is 5.04 Å². The van der Waals surface area contributed by atoms with E-state index in [9.17, 15) is 5.11 Å². The van der Waals surface area contributed by atoms with Gasteiger partial charge in [-0.15, -0.1) is 0 Å². The summed E-state index contributed by atoms with van der Waals surface area (Å²) in [6, 6.07) is 24.5. The van der Waals surface area contributed by atoms with Gasteiger partial charge in [0.15, 0.2) is 5.79 Å². The van der Waals surface area contributed by atoms with Gasteiger partial charge in [-0.3, -0.25) is 0 Å². The lowest BCUT2D eigenvalue weighted by Gasteiger charge is -2.43. The molecule has 3 heterocycles. The Morgan fingerprint density at radius 2 is 1.47 bits per heavy atom. The van der Waals surface area contributed by atoms with Crippen molar-refractivity contribution in [2.45, 2.75) is 69.5 Å². The molecule has 0 unspecified atom stereocenters. The zero-order valence-corrected chi connectivity index (χ0v) is 26.3. The van der Waals surface area contributed by atoms with Gasteiger partial charge >= 0.3 is 0 Å². The fourth-order valence-corrected chi connectivity index (χ4v) is 11.4. The van der Waals surface area contributed by atoms with Crippen molar-refractivity contribution in [1.29, 1.82) is 0 Å². The third-order valence-electron chi connectivity index (χ3n) is 7.29. The first-order chi connectivity index (χ1) is 17.9. The molecule has 0 spiro atoms. The summed E-state index contributed by atoms with van der Waals surface area (Å²) in [6.07, 6.45) is -1.88. The van der Waals surface area contributed by atoms with Gasteiger partial charge < -0.3 is 23.7 Å². The molecule has 0 radical (unpaired) electrons. The highest BCUT2D eigenvalue weighted by Gasteiger charge is 2.64. The van der Waals surface area contributed by atoms with E-state index in [-0.39, 0.29) is 11.6 Å². The second-order valence-electron chi connectivity index (χ2n) is 11.3. The second kappa shape index (κ2) is 10.2. The fraction of sp³-hybridized carbons (Fsp3) is 0.414. The molecule has 3 aromatic rings.